The van der Waals surface area contributed by atoms with Gasteiger partial charge in [-0.25, -0.2) is 0 Å². The first-order chi connectivity index (χ1) is 12.1. The van der Waals surface area contributed by atoms with E-state index in [1.54, 1.807) is 13.0 Å². The SMILES string of the molecule is C[C@H]1C[C@@]2(C[C@@H](C3CC3)N1C(=O)C(F)(F)F)OCC(O)c1cc(Cl)sc12. The predicted octanol–water partition coefficient (Wildman–Crippen LogP) is 4.01. The highest BCUT2D eigenvalue weighted by molar-refractivity contribution is 7.16. The van der Waals surface area contributed by atoms with Crippen LogP contribution in [0, 0.1) is 5.92 Å². The standard InChI is InChI=1S/C17H19ClF3NO3S/c1-8-5-16(14-10(4-13(18)26-14)12(23)7-25-16)6-11(9-2-3-9)22(8)15(24)17(19,20)21/h4,8-9,11-12,23H,2-3,5-7H2,1H3/t8-,11-,12?,16-/m0/s1. The Morgan fingerprint density at radius 3 is 2.73 bits per heavy atom. The van der Waals surface area contributed by atoms with Crippen LogP contribution in [-0.2, 0) is 15.1 Å². The second-order valence-electron chi connectivity index (χ2n) is 7.53. The van der Waals surface area contributed by atoms with Crippen molar-refractivity contribution in [3.8, 4) is 0 Å². The summed E-state index contributed by atoms with van der Waals surface area (Å²) >= 11 is 7.45. The third kappa shape index (κ3) is 2.95. The van der Waals surface area contributed by atoms with Crippen LogP contribution in [-0.4, -0.2) is 40.8 Å². The number of halogens is 4. The Hall–Kier alpha value is -0.830. The number of fused-ring (bicyclic) bond motifs is 2. The number of nitrogens with zero attached hydrogens (tertiary/aromatic N) is 1. The highest BCUT2D eigenvalue weighted by atomic mass is 35.5. The van der Waals surface area contributed by atoms with Crippen molar-refractivity contribution in [1.29, 1.82) is 0 Å². The first-order valence-electron chi connectivity index (χ1n) is 8.63. The molecule has 9 heteroatoms. The lowest BCUT2D eigenvalue weighted by atomic mass is 9.77. The van der Waals surface area contributed by atoms with E-state index in [9.17, 15) is 23.1 Å². The van der Waals surface area contributed by atoms with Gasteiger partial charge in [0.1, 0.15) is 11.7 Å². The number of likely N-dealkylation sites (tertiary alicyclic amines) is 1. The molecule has 1 aliphatic carbocycles. The van der Waals surface area contributed by atoms with Gasteiger partial charge in [0.05, 0.1) is 10.9 Å². The monoisotopic (exact) mass is 409 g/mol. The molecule has 1 saturated carbocycles. The van der Waals surface area contributed by atoms with Crippen LogP contribution in [0.2, 0.25) is 4.34 Å². The summed E-state index contributed by atoms with van der Waals surface area (Å²) in [7, 11) is 0. The van der Waals surface area contributed by atoms with Gasteiger partial charge in [0.25, 0.3) is 0 Å². The third-order valence-electron chi connectivity index (χ3n) is 5.66. The summed E-state index contributed by atoms with van der Waals surface area (Å²) in [5.41, 5.74) is -0.0925. The van der Waals surface area contributed by atoms with E-state index >= 15 is 0 Å². The molecule has 1 spiro atoms. The van der Waals surface area contributed by atoms with Crippen molar-refractivity contribution in [1.82, 2.24) is 4.90 Å². The maximum absolute atomic E-state index is 13.1. The van der Waals surface area contributed by atoms with E-state index < -0.39 is 35.9 Å². The maximum Gasteiger partial charge on any atom is 0.471 e. The Morgan fingerprint density at radius 2 is 2.12 bits per heavy atom. The van der Waals surface area contributed by atoms with Gasteiger partial charge in [0.2, 0.25) is 0 Å². The third-order valence-corrected chi connectivity index (χ3v) is 7.13. The lowest BCUT2D eigenvalue weighted by Gasteiger charge is -2.51. The van der Waals surface area contributed by atoms with Crippen LogP contribution in [0.5, 0.6) is 0 Å². The van der Waals surface area contributed by atoms with Crippen molar-refractivity contribution in [2.24, 2.45) is 5.92 Å². The molecule has 1 aromatic heterocycles. The fraction of sp³-hybridized carbons (Fsp3) is 0.706. The quantitative estimate of drug-likeness (QED) is 0.762. The minimum atomic E-state index is -4.88. The number of hydrogen-bond acceptors (Lipinski definition) is 4. The average molecular weight is 410 g/mol. The molecule has 4 rings (SSSR count). The van der Waals surface area contributed by atoms with E-state index in [0.29, 0.717) is 16.3 Å². The average Bonchev–Trinajstić information content (AvgIpc) is 3.31. The van der Waals surface area contributed by atoms with Gasteiger partial charge in [-0.15, -0.1) is 11.3 Å². The lowest BCUT2D eigenvalue weighted by Crippen LogP contribution is -2.60. The summed E-state index contributed by atoms with van der Waals surface area (Å²) in [4.78, 5) is 13.9. The Bertz CT molecular complexity index is 735. The molecule has 0 bridgehead atoms. The number of ether oxygens (including phenoxy) is 1. The second-order valence-corrected chi connectivity index (χ2v) is 9.21. The zero-order valence-corrected chi connectivity index (χ0v) is 15.6. The van der Waals surface area contributed by atoms with Gasteiger partial charge >= 0.3 is 12.1 Å². The first-order valence-corrected chi connectivity index (χ1v) is 9.83. The number of amides is 1. The number of thiophene rings is 1. The van der Waals surface area contributed by atoms with Crippen LogP contribution < -0.4 is 0 Å². The fourth-order valence-electron chi connectivity index (χ4n) is 4.47. The zero-order valence-electron chi connectivity index (χ0n) is 14.1. The molecular weight excluding hydrogens is 391 g/mol. The molecule has 2 aliphatic heterocycles. The number of aliphatic hydroxyl groups is 1. The van der Waals surface area contributed by atoms with Crippen LogP contribution in [0.3, 0.4) is 0 Å². The number of carbonyl (C=O) groups is 1. The van der Waals surface area contributed by atoms with E-state index in [1.165, 1.54) is 11.3 Å². The summed E-state index contributed by atoms with van der Waals surface area (Å²) in [5.74, 6) is -1.70. The largest absolute Gasteiger partial charge is 0.471 e. The summed E-state index contributed by atoms with van der Waals surface area (Å²) < 4.78 is 45.9. The summed E-state index contributed by atoms with van der Waals surface area (Å²) in [6, 6.07) is 0.574. The second kappa shape index (κ2) is 6.09. The molecule has 0 aromatic carbocycles. The number of aliphatic hydroxyl groups excluding tert-OH is 1. The predicted molar refractivity (Wildman–Crippen MR) is 90.0 cm³/mol. The number of piperidine rings is 1. The Labute approximate surface area is 157 Å². The van der Waals surface area contributed by atoms with Gasteiger partial charge in [-0.3, -0.25) is 4.79 Å². The number of hydrogen-bond donors (Lipinski definition) is 1. The molecule has 3 heterocycles. The van der Waals surface area contributed by atoms with Crippen LogP contribution in [0.15, 0.2) is 6.07 Å². The first kappa shape index (κ1) is 18.5. The van der Waals surface area contributed by atoms with Gasteiger partial charge in [-0.05, 0) is 31.7 Å². The highest BCUT2D eigenvalue weighted by Gasteiger charge is 2.57. The molecule has 3 aliphatic rings. The van der Waals surface area contributed by atoms with Gasteiger partial charge in [0, 0.05) is 35.4 Å². The zero-order chi connectivity index (χ0) is 18.9. The maximum atomic E-state index is 13.1. The van der Waals surface area contributed by atoms with E-state index in [2.05, 4.69) is 0 Å². The van der Waals surface area contributed by atoms with E-state index in [0.717, 1.165) is 22.6 Å². The Morgan fingerprint density at radius 1 is 1.42 bits per heavy atom. The van der Waals surface area contributed by atoms with Crippen molar-refractivity contribution in [3.63, 3.8) is 0 Å². The Kier molecular flexibility index (Phi) is 4.34. The topological polar surface area (TPSA) is 49.8 Å². The summed E-state index contributed by atoms with van der Waals surface area (Å²) in [5, 5.41) is 10.2. The minimum absolute atomic E-state index is 0.0651. The van der Waals surface area contributed by atoms with E-state index in [1.807, 2.05) is 0 Å². The van der Waals surface area contributed by atoms with Gasteiger partial charge in [-0.1, -0.05) is 11.6 Å². The van der Waals surface area contributed by atoms with Crippen molar-refractivity contribution in [2.45, 2.75) is 62.6 Å². The molecule has 2 fully saturated rings. The van der Waals surface area contributed by atoms with Crippen molar-refractivity contribution < 1.29 is 27.8 Å². The van der Waals surface area contributed by atoms with E-state index in [-0.39, 0.29) is 18.9 Å². The van der Waals surface area contributed by atoms with E-state index in [4.69, 9.17) is 16.3 Å². The van der Waals surface area contributed by atoms with Crippen LogP contribution >= 0.6 is 22.9 Å². The summed E-state index contributed by atoms with van der Waals surface area (Å²) in [6.07, 6.45) is -3.48. The fourth-order valence-corrected chi connectivity index (χ4v) is 5.92. The van der Waals surface area contributed by atoms with Gasteiger partial charge in [-0.2, -0.15) is 13.2 Å². The van der Waals surface area contributed by atoms with Gasteiger partial charge in [0.15, 0.2) is 0 Å². The van der Waals surface area contributed by atoms with Crippen LogP contribution in [0.25, 0.3) is 0 Å². The van der Waals surface area contributed by atoms with Gasteiger partial charge < -0.3 is 14.7 Å². The number of rotatable bonds is 1. The molecule has 4 nitrogen and oxygen atoms in total. The molecule has 1 N–H and O–H groups in total. The molecule has 26 heavy (non-hydrogen) atoms. The smallest absolute Gasteiger partial charge is 0.386 e. The minimum Gasteiger partial charge on any atom is -0.386 e. The highest BCUT2D eigenvalue weighted by Crippen LogP contribution is 2.54. The molecule has 1 saturated heterocycles. The van der Waals surface area contributed by atoms with Crippen molar-refractivity contribution in [2.75, 3.05) is 6.61 Å². The van der Waals surface area contributed by atoms with Crippen molar-refractivity contribution >= 4 is 28.8 Å². The summed E-state index contributed by atoms with van der Waals surface area (Å²) in [6.45, 7) is 1.72. The Balaban J connectivity index is 1.72. The molecular formula is C17H19ClF3NO3S. The van der Waals surface area contributed by atoms with Crippen LogP contribution in [0.1, 0.15) is 49.2 Å². The van der Waals surface area contributed by atoms with Crippen LogP contribution in [0.4, 0.5) is 13.2 Å². The molecule has 144 valence electrons. The molecule has 1 unspecified atom stereocenters. The molecule has 4 atom stereocenters. The van der Waals surface area contributed by atoms with Crippen molar-refractivity contribution in [3.05, 3.63) is 20.8 Å². The molecule has 1 amide bonds. The normalized spacial score (nSPS) is 34.8. The molecule has 1 aromatic rings. The number of alkyl halides is 3. The molecule has 0 radical (unpaired) electrons. The lowest BCUT2D eigenvalue weighted by molar-refractivity contribution is -0.204. The number of carbonyl (C=O) groups excluding carboxylic acids is 1.